The Morgan fingerprint density at radius 1 is 1.69 bits per heavy atom. The average Bonchev–Trinajstić information content (AvgIpc) is 2.55. The fraction of sp³-hybridized carbons (Fsp3) is 0.333. The summed E-state index contributed by atoms with van der Waals surface area (Å²) in [5, 5.41) is 23.2. The zero-order valence-corrected chi connectivity index (χ0v) is 9.27. The molecule has 0 saturated carbocycles. The summed E-state index contributed by atoms with van der Waals surface area (Å²) in [6.07, 6.45) is 3.34. The summed E-state index contributed by atoms with van der Waals surface area (Å²) >= 11 is 0. The molecule has 94 valence electrons. The van der Waals surface area contributed by atoms with Crippen LogP contribution in [0.4, 0.5) is 0 Å². The number of nitrogens with one attached hydrogen (secondary N) is 1. The van der Waals surface area contributed by atoms with E-state index in [0.29, 0.717) is 0 Å². The minimum absolute atomic E-state index is 0. The molecule has 0 fully saturated rings. The van der Waals surface area contributed by atoms with Crippen molar-refractivity contribution < 1.29 is 37.4 Å². The molecule has 10 heteroatoms. The molecule has 1 atom stereocenters. The van der Waals surface area contributed by atoms with Gasteiger partial charge in [0.2, 0.25) is 0 Å². The van der Waals surface area contributed by atoms with E-state index in [1.165, 1.54) is 6.33 Å². The van der Waals surface area contributed by atoms with Gasteiger partial charge in [-0.05, 0) is 0 Å². The Morgan fingerprint density at radius 3 is 2.50 bits per heavy atom. The van der Waals surface area contributed by atoms with Crippen LogP contribution in [0.25, 0.3) is 0 Å². The second-order valence-electron chi connectivity index (χ2n) is 2.45. The van der Waals surface area contributed by atoms with E-state index in [1.54, 1.807) is 6.20 Å². The molecule has 16 heavy (non-hydrogen) atoms. The van der Waals surface area contributed by atoms with Gasteiger partial charge in [0.05, 0.1) is 11.4 Å². The first-order chi connectivity index (χ1) is 6.93. The van der Waals surface area contributed by atoms with Gasteiger partial charge in [0.15, 0.2) is 0 Å². The number of imidazole rings is 1. The molecule has 1 heterocycles. The molecule has 0 aromatic carbocycles. The fourth-order valence-corrected chi connectivity index (χ4v) is 0.721. The molecule has 0 saturated heterocycles. The number of nitrogens with zero attached hydrogens (tertiary/aromatic N) is 2. The second kappa shape index (κ2) is 8.85. The number of hydrogen-bond donors (Lipinski definition) is 3. The molecule has 1 rings (SSSR count). The van der Waals surface area contributed by atoms with E-state index < -0.39 is 17.1 Å². The van der Waals surface area contributed by atoms with Crippen LogP contribution in [0.5, 0.6) is 0 Å². The van der Waals surface area contributed by atoms with Gasteiger partial charge >= 0.3 is 28.3 Å². The molecule has 0 amide bonds. The van der Waals surface area contributed by atoms with E-state index >= 15 is 0 Å². The van der Waals surface area contributed by atoms with Crippen molar-refractivity contribution in [2.75, 3.05) is 0 Å². The van der Waals surface area contributed by atoms with Gasteiger partial charge in [0.1, 0.15) is 6.04 Å². The van der Waals surface area contributed by atoms with E-state index in [1.807, 2.05) is 0 Å². The molecule has 1 aromatic heterocycles. The predicted octanol–water partition coefficient (Wildman–Crippen LogP) is -0.877. The third kappa shape index (κ3) is 9.15. The van der Waals surface area contributed by atoms with Gasteiger partial charge in [0, 0.05) is 18.3 Å². The number of H-pyrrole nitrogens is 1. The van der Waals surface area contributed by atoms with Gasteiger partial charge in [-0.1, -0.05) is 0 Å². The maximum absolute atomic E-state index is 10.3. The number of aromatic nitrogens is 2. The van der Waals surface area contributed by atoms with Crippen LogP contribution in [0.3, 0.4) is 0 Å². The summed E-state index contributed by atoms with van der Waals surface area (Å²) in [6, 6.07) is -0.851. The Kier molecular flexibility index (Phi) is 9.40. The predicted molar refractivity (Wildman–Crippen MR) is 48.3 cm³/mol. The van der Waals surface area contributed by atoms with E-state index in [0.717, 1.165) is 5.69 Å². The third-order valence-electron chi connectivity index (χ3n) is 1.31. The van der Waals surface area contributed by atoms with E-state index in [4.69, 9.17) is 26.2 Å². The topological polar surface area (TPSA) is 158 Å². The summed E-state index contributed by atoms with van der Waals surface area (Å²) in [6.45, 7) is 0. The van der Waals surface area contributed by atoms with Crippen LogP contribution in [0.15, 0.2) is 12.5 Å². The number of nitrogens with two attached hydrogens (primary N) is 1. The number of rotatable bonds is 3. The van der Waals surface area contributed by atoms with E-state index in [2.05, 4.69) is 9.97 Å². The van der Waals surface area contributed by atoms with Crippen molar-refractivity contribution in [2.45, 2.75) is 12.5 Å². The van der Waals surface area contributed by atoms with Gasteiger partial charge in [-0.15, -0.1) is 0 Å². The van der Waals surface area contributed by atoms with Crippen molar-refractivity contribution in [3.63, 3.8) is 0 Å². The molecule has 0 aliphatic heterocycles. The average molecular weight is 325 g/mol. The first kappa shape index (κ1) is 17.0. The van der Waals surface area contributed by atoms with Crippen molar-refractivity contribution in [1.82, 2.24) is 9.97 Å². The van der Waals surface area contributed by atoms with Crippen LogP contribution in [0.1, 0.15) is 5.69 Å². The zero-order valence-electron chi connectivity index (χ0n) is 7.79. The number of carboxylic acid groups (broad SMARTS) is 1. The molecular formula is C6H9AgN4O5. The van der Waals surface area contributed by atoms with Crippen LogP contribution < -0.4 is 5.73 Å². The summed E-state index contributed by atoms with van der Waals surface area (Å²) in [4.78, 5) is 25.0. The van der Waals surface area contributed by atoms with Gasteiger partial charge in [0.25, 0.3) is 0 Å². The largest absolute Gasteiger partial charge is 1.00 e. The van der Waals surface area contributed by atoms with Crippen molar-refractivity contribution >= 4 is 5.97 Å². The summed E-state index contributed by atoms with van der Waals surface area (Å²) in [7, 11) is 0. The number of carboxylic acids is 1. The number of aromatic amines is 1. The maximum atomic E-state index is 10.3. The van der Waals surface area contributed by atoms with Crippen molar-refractivity contribution in [3.05, 3.63) is 33.5 Å². The molecular weight excluding hydrogens is 316 g/mol. The summed E-state index contributed by atoms with van der Waals surface area (Å²) < 4.78 is 0. The molecule has 0 radical (unpaired) electrons. The Hall–Kier alpha value is -1.42. The molecule has 1 aromatic rings. The third-order valence-corrected chi connectivity index (χ3v) is 1.31. The van der Waals surface area contributed by atoms with Crippen LogP contribution in [0.2, 0.25) is 0 Å². The van der Waals surface area contributed by atoms with Gasteiger partial charge in [-0.2, -0.15) is 0 Å². The Balaban J connectivity index is 0. The SMILES string of the molecule is NC(Cc1cnc[nH]1)C(=O)O.O=[N+]([O-])[O-].[Ag+]. The summed E-state index contributed by atoms with van der Waals surface area (Å²) in [5.74, 6) is -1.00. The summed E-state index contributed by atoms with van der Waals surface area (Å²) in [5.41, 5.74) is 6.00. The Labute approximate surface area is 105 Å². The normalized spacial score (nSPS) is 10.3. The van der Waals surface area contributed by atoms with Crippen molar-refractivity contribution in [2.24, 2.45) is 5.73 Å². The monoisotopic (exact) mass is 324 g/mol. The fourth-order valence-electron chi connectivity index (χ4n) is 0.721. The minimum atomic E-state index is -1.75. The first-order valence-corrected chi connectivity index (χ1v) is 3.70. The molecule has 1 unspecified atom stereocenters. The first-order valence-electron chi connectivity index (χ1n) is 3.70. The van der Waals surface area contributed by atoms with Crippen LogP contribution in [0, 0.1) is 15.3 Å². The van der Waals surface area contributed by atoms with Crippen molar-refractivity contribution in [1.29, 1.82) is 0 Å². The van der Waals surface area contributed by atoms with E-state index in [9.17, 15) is 4.79 Å². The van der Waals surface area contributed by atoms with Gasteiger partial charge in [-0.25, -0.2) is 4.98 Å². The van der Waals surface area contributed by atoms with E-state index in [-0.39, 0.29) is 28.8 Å². The molecule has 0 spiro atoms. The molecule has 0 aliphatic rings. The minimum Gasteiger partial charge on any atom is -0.480 e. The van der Waals surface area contributed by atoms with Crippen LogP contribution >= 0.6 is 0 Å². The Morgan fingerprint density at radius 2 is 2.19 bits per heavy atom. The standard InChI is InChI=1S/C6H9N3O2.Ag.NO3/c7-5(6(10)11)1-4-2-8-3-9-4;;2-1(3)4/h2-3,5H,1,7H2,(H,8,9)(H,10,11);;/q;+1;-1. The van der Waals surface area contributed by atoms with Crippen molar-refractivity contribution in [3.8, 4) is 0 Å². The zero-order chi connectivity index (χ0) is 11.8. The van der Waals surface area contributed by atoms with Gasteiger partial charge in [-0.3, -0.25) is 4.79 Å². The van der Waals surface area contributed by atoms with Crippen LogP contribution in [-0.4, -0.2) is 32.2 Å². The molecule has 0 aliphatic carbocycles. The van der Waals surface area contributed by atoms with Gasteiger partial charge < -0.3 is 31.1 Å². The number of carbonyl (C=O) groups is 1. The Bertz CT molecular complexity index is 313. The smallest absolute Gasteiger partial charge is 0.480 e. The quantitative estimate of drug-likeness (QED) is 0.370. The molecule has 0 bridgehead atoms. The number of aliphatic carboxylic acids is 1. The number of hydrogen-bond acceptors (Lipinski definition) is 6. The molecule has 9 nitrogen and oxygen atoms in total. The second-order valence-corrected chi connectivity index (χ2v) is 2.45. The maximum Gasteiger partial charge on any atom is 1.00 e. The van der Waals surface area contributed by atoms with Crippen LogP contribution in [-0.2, 0) is 33.6 Å². The molecule has 4 N–H and O–H groups in total.